The molecule has 2 rings (SSSR count). The number of carbonyl (C=O) groups excluding carboxylic acids is 1. The lowest BCUT2D eigenvalue weighted by Gasteiger charge is -2.01. The Bertz CT molecular complexity index is 510. The van der Waals surface area contributed by atoms with E-state index >= 15 is 0 Å². The van der Waals surface area contributed by atoms with E-state index in [9.17, 15) is 4.79 Å². The van der Waals surface area contributed by atoms with E-state index in [1.807, 2.05) is 0 Å². The summed E-state index contributed by atoms with van der Waals surface area (Å²) in [6.45, 7) is 0.397. The van der Waals surface area contributed by atoms with Crippen molar-refractivity contribution in [2.24, 2.45) is 0 Å². The molecule has 0 saturated heterocycles. The molecule has 2 aromatic heterocycles. The Morgan fingerprint density at radius 2 is 2.29 bits per heavy atom. The Morgan fingerprint density at radius 3 is 2.88 bits per heavy atom. The lowest BCUT2D eigenvalue weighted by Crippen LogP contribution is -2.22. The van der Waals surface area contributed by atoms with Crippen molar-refractivity contribution in [1.29, 1.82) is 0 Å². The van der Waals surface area contributed by atoms with Gasteiger partial charge < -0.3 is 5.32 Å². The van der Waals surface area contributed by atoms with Gasteiger partial charge in [0.2, 0.25) is 0 Å². The first-order valence-electron chi connectivity index (χ1n) is 4.65. The zero-order valence-corrected chi connectivity index (χ0v) is 12.5. The molecule has 0 aliphatic rings. The van der Waals surface area contributed by atoms with Crippen LogP contribution >= 0.6 is 43.2 Å². The van der Waals surface area contributed by atoms with Crippen LogP contribution in [-0.4, -0.2) is 15.9 Å². The van der Waals surface area contributed by atoms with Crippen molar-refractivity contribution in [3.63, 3.8) is 0 Å². The molecule has 1 amide bonds. The van der Waals surface area contributed by atoms with Gasteiger partial charge in [0.25, 0.3) is 5.91 Å². The Hall–Kier alpha value is -0.790. The summed E-state index contributed by atoms with van der Waals surface area (Å²) in [5, 5.41) is 2.80. The number of rotatable bonds is 3. The van der Waals surface area contributed by atoms with E-state index in [1.165, 1.54) is 17.7 Å². The first kappa shape index (κ1) is 12.7. The number of nitrogens with one attached hydrogen (secondary N) is 1. The minimum absolute atomic E-state index is 0.111. The van der Waals surface area contributed by atoms with Crippen molar-refractivity contribution in [3.8, 4) is 0 Å². The van der Waals surface area contributed by atoms with Crippen LogP contribution < -0.4 is 5.32 Å². The monoisotopic (exact) mass is 375 g/mol. The summed E-state index contributed by atoms with van der Waals surface area (Å²) in [5.41, 5.74) is 0.781. The van der Waals surface area contributed by atoms with Crippen LogP contribution in [0.4, 0.5) is 0 Å². The first-order chi connectivity index (χ1) is 8.16. The van der Waals surface area contributed by atoms with Gasteiger partial charge in [-0.2, -0.15) is 0 Å². The second-order valence-electron chi connectivity index (χ2n) is 3.12. The summed E-state index contributed by atoms with van der Waals surface area (Å²) in [6, 6.07) is 3.55. The molecule has 0 radical (unpaired) electrons. The van der Waals surface area contributed by atoms with Gasteiger partial charge in [-0.25, -0.2) is 9.97 Å². The Labute approximate surface area is 119 Å². The number of hydrogen-bond acceptors (Lipinski definition) is 4. The fourth-order valence-electron chi connectivity index (χ4n) is 1.14. The SMILES string of the molecule is O=C(NCc1ccncn1)c1cc(Br)c(Br)s1. The molecule has 7 heteroatoms. The van der Waals surface area contributed by atoms with Crippen LogP contribution in [0.1, 0.15) is 15.4 Å². The minimum atomic E-state index is -0.111. The van der Waals surface area contributed by atoms with Crippen LogP contribution in [0.3, 0.4) is 0 Å². The summed E-state index contributed by atoms with van der Waals surface area (Å²) in [5.74, 6) is -0.111. The van der Waals surface area contributed by atoms with Crippen LogP contribution in [0.15, 0.2) is 32.9 Å². The van der Waals surface area contributed by atoms with Crippen LogP contribution in [0.5, 0.6) is 0 Å². The molecular weight excluding hydrogens is 370 g/mol. The number of amides is 1. The minimum Gasteiger partial charge on any atom is -0.346 e. The molecule has 0 aromatic carbocycles. The molecule has 0 saturated carbocycles. The summed E-state index contributed by atoms with van der Waals surface area (Å²) < 4.78 is 1.79. The number of halogens is 2. The molecular formula is C10H7Br2N3OS. The average molecular weight is 377 g/mol. The second-order valence-corrected chi connectivity index (χ2v) is 6.34. The van der Waals surface area contributed by atoms with Gasteiger partial charge in [0, 0.05) is 10.7 Å². The molecule has 2 heterocycles. The lowest BCUT2D eigenvalue weighted by molar-refractivity contribution is 0.0954. The number of hydrogen-bond donors (Lipinski definition) is 1. The second kappa shape index (κ2) is 5.70. The molecule has 0 atom stereocenters. The zero-order valence-electron chi connectivity index (χ0n) is 8.48. The third-order valence-electron chi connectivity index (χ3n) is 1.94. The molecule has 0 aliphatic carbocycles. The Kier molecular flexibility index (Phi) is 4.25. The molecule has 0 bridgehead atoms. The topological polar surface area (TPSA) is 54.9 Å². The zero-order chi connectivity index (χ0) is 12.3. The van der Waals surface area contributed by atoms with E-state index in [4.69, 9.17) is 0 Å². The van der Waals surface area contributed by atoms with Crippen molar-refractivity contribution in [3.05, 3.63) is 43.5 Å². The first-order valence-corrected chi connectivity index (χ1v) is 7.05. The normalized spacial score (nSPS) is 10.2. The molecule has 2 aromatic rings. The molecule has 88 valence electrons. The number of thiophene rings is 1. The molecule has 17 heavy (non-hydrogen) atoms. The van der Waals surface area contributed by atoms with Gasteiger partial charge in [-0.15, -0.1) is 11.3 Å². The van der Waals surface area contributed by atoms with Gasteiger partial charge >= 0.3 is 0 Å². The largest absolute Gasteiger partial charge is 0.346 e. The van der Waals surface area contributed by atoms with E-state index in [2.05, 4.69) is 47.1 Å². The summed E-state index contributed by atoms with van der Waals surface area (Å²) >= 11 is 8.08. The van der Waals surface area contributed by atoms with Crippen LogP contribution in [0.2, 0.25) is 0 Å². The highest BCUT2D eigenvalue weighted by Gasteiger charge is 2.11. The van der Waals surface area contributed by atoms with Crippen molar-refractivity contribution in [2.75, 3.05) is 0 Å². The molecule has 0 unspecified atom stereocenters. The molecule has 4 nitrogen and oxygen atoms in total. The smallest absolute Gasteiger partial charge is 0.261 e. The predicted molar refractivity (Wildman–Crippen MR) is 72.9 cm³/mol. The Balaban J connectivity index is 1.98. The van der Waals surface area contributed by atoms with Gasteiger partial charge in [-0.05, 0) is 44.0 Å². The number of aromatic nitrogens is 2. The Morgan fingerprint density at radius 1 is 1.47 bits per heavy atom. The van der Waals surface area contributed by atoms with Crippen LogP contribution in [0.25, 0.3) is 0 Å². The van der Waals surface area contributed by atoms with Crippen LogP contribution in [-0.2, 0) is 6.54 Å². The van der Waals surface area contributed by atoms with E-state index in [1.54, 1.807) is 18.3 Å². The maximum Gasteiger partial charge on any atom is 0.261 e. The third kappa shape index (κ3) is 3.34. The number of nitrogens with zero attached hydrogens (tertiary/aromatic N) is 2. The predicted octanol–water partition coefficient (Wildman–Crippen LogP) is 2.99. The summed E-state index contributed by atoms with van der Waals surface area (Å²) in [6.07, 6.45) is 3.10. The van der Waals surface area contributed by atoms with E-state index < -0.39 is 0 Å². The highest BCUT2D eigenvalue weighted by Crippen LogP contribution is 2.32. The fraction of sp³-hybridized carbons (Fsp3) is 0.100. The highest BCUT2D eigenvalue weighted by atomic mass is 79.9. The van der Waals surface area contributed by atoms with Gasteiger partial charge in [-0.3, -0.25) is 4.79 Å². The highest BCUT2D eigenvalue weighted by molar-refractivity contribution is 9.13. The van der Waals surface area contributed by atoms with Crippen molar-refractivity contribution < 1.29 is 4.79 Å². The van der Waals surface area contributed by atoms with Gasteiger partial charge in [0.05, 0.1) is 20.9 Å². The van der Waals surface area contributed by atoms with Gasteiger partial charge in [0.15, 0.2) is 0 Å². The van der Waals surface area contributed by atoms with Crippen molar-refractivity contribution in [1.82, 2.24) is 15.3 Å². The molecule has 1 N–H and O–H groups in total. The maximum absolute atomic E-state index is 11.8. The van der Waals surface area contributed by atoms with E-state index in [-0.39, 0.29) is 5.91 Å². The lowest BCUT2D eigenvalue weighted by atomic mass is 10.4. The average Bonchev–Trinajstić information content (AvgIpc) is 2.68. The van der Waals surface area contributed by atoms with Crippen molar-refractivity contribution >= 4 is 49.1 Å². The summed E-state index contributed by atoms with van der Waals surface area (Å²) in [4.78, 5) is 20.3. The van der Waals surface area contributed by atoms with E-state index in [0.717, 1.165) is 14.0 Å². The summed E-state index contributed by atoms with van der Waals surface area (Å²) in [7, 11) is 0. The quantitative estimate of drug-likeness (QED) is 0.895. The van der Waals surface area contributed by atoms with E-state index in [0.29, 0.717) is 11.4 Å². The van der Waals surface area contributed by atoms with Gasteiger partial charge in [0.1, 0.15) is 6.33 Å². The fourth-order valence-corrected chi connectivity index (χ4v) is 3.09. The third-order valence-corrected chi connectivity index (χ3v) is 5.20. The molecule has 0 spiro atoms. The molecule has 0 aliphatic heterocycles. The van der Waals surface area contributed by atoms with Gasteiger partial charge in [-0.1, -0.05) is 0 Å². The molecule has 0 fully saturated rings. The maximum atomic E-state index is 11.8. The standard InChI is InChI=1S/C10H7Br2N3OS/c11-7-3-8(17-9(7)12)10(16)14-4-6-1-2-13-5-15-6/h1-3,5H,4H2,(H,14,16). The van der Waals surface area contributed by atoms with Crippen molar-refractivity contribution in [2.45, 2.75) is 6.54 Å². The van der Waals surface area contributed by atoms with Crippen LogP contribution in [0, 0.1) is 0 Å². The number of carbonyl (C=O) groups is 1.